The highest BCUT2D eigenvalue weighted by atomic mass is 32.1. The van der Waals surface area contributed by atoms with Gasteiger partial charge in [0.15, 0.2) is 0 Å². The molecule has 2 rings (SSSR count). The zero-order valence-electron chi connectivity index (χ0n) is 8.71. The van der Waals surface area contributed by atoms with Crippen molar-refractivity contribution in [2.45, 2.75) is 6.54 Å². The van der Waals surface area contributed by atoms with Gasteiger partial charge < -0.3 is 14.4 Å². The van der Waals surface area contributed by atoms with Gasteiger partial charge in [0.05, 0.1) is 12.5 Å². The molecule has 0 saturated carbocycles. The second kappa shape index (κ2) is 4.40. The molecule has 0 aliphatic heterocycles. The molecule has 0 atom stereocenters. The van der Waals surface area contributed by atoms with Gasteiger partial charge >= 0.3 is 5.97 Å². The van der Waals surface area contributed by atoms with Crippen LogP contribution in [0.25, 0.3) is 0 Å². The fourth-order valence-electron chi connectivity index (χ4n) is 1.39. The minimum absolute atomic E-state index is 0.356. The number of hydrogen-bond donors (Lipinski definition) is 1. The number of hydrogen-bond acceptors (Lipinski definition) is 4. The van der Waals surface area contributed by atoms with Crippen LogP contribution in [0.15, 0.2) is 34.5 Å². The van der Waals surface area contributed by atoms with Gasteiger partial charge in [-0.15, -0.1) is 11.3 Å². The van der Waals surface area contributed by atoms with Crippen LogP contribution in [0.5, 0.6) is 0 Å². The Bertz CT molecular complexity index is 475. The molecule has 2 aromatic heterocycles. The van der Waals surface area contributed by atoms with Crippen LogP contribution in [0.3, 0.4) is 0 Å². The van der Waals surface area contributed by atoms with Gasteiger partial charge in [0, 0.05) is 30.2 Å². The highest BCUT2D eigenvalue weighted by molar-refractivity contribution is 7.12. The molecule has 16 heavy (non-hydrogen) atoms. The van der Waals surface area contributed by atoms with Crippen LogP contribution in [0, 0.1) is 0 Å². The van der Waals surface area contributed by atoms with E-state index in [0.29, 0.717) is 11.4 Å². The molecule has 0 fully saturated rings. The Morgan fingerprint density at radius 1 is 1.62 bits per heavy atom. The summed E-state index contributed by atoms with van der Waals surface area (Å²) in [6, 6.07) is 3.56. The largest absolute Gasteiger partial charge is 0.477 e. The Morgan fingerprint density at radius 2 is 2.44 bits per heavy atom. The number of rotatable bonds is 4. The Kier molecular flexibility index (Phi) is 2.96. The van der Waals surface area contributed by atoms with Crippen LogP contribution in [0.1, 0.15) is 15.2 Å². The lowest BCUT2D eigenvalue weighted by Gasteiger charge is -2.15. The number of carbonyl (C=O) groups is 1. The van der Waals surface area contributed by atoms with E-state index in [1.165, 1.54) is 11.3 Å². The van der Waals surface area contributed by atoms with Crippen LogP contribution in [0.2, 0.25) is 0 Å². The fourth-order valence-corrected chi connectivity index (χ4v) is 2.17. The van der Waals surface area contributed by atoms with E-state index >= 15 is 0 Å². The van der Waals surface area contributed by atoms with Crippen LogP contribution in [0.4, 0.5) is 5.69 Å². The van der Waals surface area contributed by atoms with E-state index in [9.17, 15) is 4.79 Å². The zero-order chi connectivity index (χ0) is 11.5. The van der Waals surface area contributed by atoms with E-state index in [2.05, 4.69) is 0 Å². The molecular weight excluding hydrogens is 226 g/mol. The lowest BCUT2D eigenvalue weighted by atomic mass is 10.3. The minimum Gasteiger partial charge on any atom is -0.477 e. The third-order valence-corrected chi connectivity index (χ3v) is 3.14. The summed E-state index contributed by atoms with van der Waals surface area (Å²) in [5.41, 5.74) is 1.97. The second-order valence-electron chi connectivity index (χ2n) is 3.46. The Hall–Kier alpha value is -1.75. The number of furan rings is 1. The predicted molar refractivity (Wildman–Crippen MR) is 62.1 cm³/mol. The maximum Gasteiger partial charge on any atom is 0.345 e. The summed E-state index contributed by atoms with van der Waals surface area (Å²) in [6.45, 7) is 0.701. The van der Waals surface area contributed by atoms with Crippen molar-refractivity contribution in [1.82, 2.24) is 0 Å². The Balaban J connectivity index is 2.08. The third-order valence-electron chi connectivity index (χ3n) is 2.24. The van der Waals surface area contributed by atoms with Gasteiger partial charge in [-0.2, -0.15) is 0 Å². The molecule has 0 saturated heterocycles. The van der Waals surface area contributed by atoms with E-state index < -0.39 is 5.97 Å². The summed E-state index contributed by atoms with van der Waals surface area (Å²) >= 11 is 1.23. The standard InChI is InChI=1S/C11H11NO3S/c1-12(5-8-2-3-15-6-8)9-4-10(11(13)14)16-7-9/h2-4,6-7H,5H2,1H3,(H,13,14). The minimum atomic E-state index is -0.882. The number of nitrogens with zero attached hydrogens (tertiary/aromatic N) is 1. The summed E-state index contributed by atoms with van der Waals surface area (Å²) in [6.07, 6.45) is 3.31. The van der Waals surface area contributed by atoms with Crippen molar-refractivity contribution in [3.63, 3.8) is 0 Å². The average molecular weight is 237 g/mol. The highest BCUT2D eigenvalue weighted by Gasteiger charge is 2.10. The van der Waals surface area contributed by atoms with Crippen molar-refractivity contribution >= 4 is 23.0 Å². The molecule has 0 unspecified atom stereocenters. The summed E-state index contributed by atoms with van der Waals surface area (Å²) in [5.74, 6) is -0.882. The number of carboxylic acid groups (broad SMARTS) is 1. The third kappa shape index (κ3) is 2.25. The van der Waals surface area contributed by atoms with Crippen LogP contribution in [-0.4, -0.2) is 18.1 Å². The number of carboxylic acids is 1. The number of aromatic carboxylic acids is 1. The molecule has 0 spiro atoms. The molecule has 0 aliphatic carbocycles. The van der Waals surface area contributed by atoms with Crippen molar-refractivity contribution in [1.29, 1.82) is 0 Å². The predicted octanol–water partition coefficient (Wildman–Crippen LogP) is 2.68. The second-order valence-corrected chi connectivity index (χ2v) is 4.37. The number of thiophene rings is 1. The first-order valence-corrected chi connectivity index (χ1v) is 5.59. The van der Waals surface area contributed by atoms with Gasteiger partial charge in [0.1, 0.15) is 4.88 Å². The smallest absolute Gasteiger partial charge is 0.345 e. The molecule has 4 nitrogen and oxygen atoms in total. The van der Waals surface area contributed by atoms with Crippen molar-refractivity contribution in [3.8, 4) is 0 Å². The summed E-state index contributed by atoms with van der Waals surface area (Å²) in [5, 5.41) is 10.7. The molecule has 84 valence electrons. The van der Waals surface area contributed by atoms with Gasteiger partial charge in [-0.1, -0.05) is 0 Å². The van der Waals surface area contributed by atoms with Gasteiger partial charge in [-0.3, -0.25) is 0 Å². The molecule has 5 heteroatoms. The summed E-state index contributed by atoms with van der Waals surface area (Å²) in [4.78, 5) is 13.1. The van der Waals surface area contributed by atoms with Crippen molar-refractivity contribution in [3.05, 3.63) is 40.5 Å². The molecule has 1 N–H and O–H groups in total. The monoisotopic (exact) mass is 237 g/mol. The normalized spacial score (nSPS) is 10.3. The van der Waals surface area contributed by atoms with E-state index in [0.717, 1.165) is 11.3 Å². The summed E-state index contributed by atoms with van der Waals surface area (Å²) < 4.78 is 4.98. The summed E-state index contributed by atoms with van der Waals surface area (Å²) in [7, 11) is 1.92. The van der Waals surface area contributed by atoms with Crippen molar-refractivity contribution in [2.75, 3.05) is 11.9 Å². The fraction of sp³-hybridized carbons (Fsp3) is 0.182. The lowest BCUT2D eigenvalue weighted by molar-refractivity contribution is 0.0702. The van der Waals surface area contributed by atoms with Crippen molar-refractivity contribution in [2.24, 2.45) is 0 Å². The van der Waals surface area contributed by atoms with Crippen molar-refractivity contribution < 1.29 is 14.3 Å². The highest BCUT2D eigenvalue weighted by Crippen LogP contribution is 2.23. The molecule has 0 bridgehead atoms. The molecule has 2 aromatic rings. The average Bonchev–Trinajstić information content (AvgIpc) is 2.86. The van der Waals surface area contributed by atoms with Gasteiger partial charge in [0.25, 0.3) is 0 Å². The van der Waals surface area contributed by atoms with Crippen LogP contribution >= 0.6 is 11.3 Å². The Labute approximate surface area is 96.7 Å². The van der Waals surface area contributed by atoms with Gasteiger partial charge in [-0.25, -0.2) is 4.79 Å². The van der Waals surface area contributed by atoms with Gasteiger partial charge in [-0.05, 0) is 12.1 Å². The molecule has 0 radical (unpaired) electrons. The molecule has 0 amide bonds. The molecule has 0 aliphatic rings. The zero-order valence-corrected chi connectivity index (χ0v) is 9.53. The first kappa shape index (κ1) is 10.8. The van der Waals surface area contributed by atoms with E-state index in [1.807, 2.05) is 23.4 Å². The quantitative estimate of drug-likeness (QED) is 0.888. The van der Waals surface area contributed by atoms with E-state index in [4.69, 9.17) is 9.52 Å². The maximum absolute atomic E-state index is 10.7. The molecule has 0 aromatic carbocycles. The van der Waals surface area contributed by atoms with E-state index in [1.54, 1.807) is 18.6 Å². The number of anilines is 1. The van der Waals surface area contributed by atoms with Crippen LogP contribution < -0.4 is 4.90 Å². The molecule has 2 heterocycles. The van der Waals surface area contributed by atoms with E-state index in [-0.39, 0.29) is 0 Å². The van der Waals surface area contributed by atoms with Gasteiger partial charge in [0.2, 0.25) is 0 Å². The Morgan fingerprint density at radius 3 is 3.00 bits per heavy atom. The topological polar surface area (TPSA) is 53.7 Å². The lowest BCUT2D eigenvalue weighted by Crippen LogP contribution is -2.15. The first-order chi connectivity index (χ1) is 7.66. The maximum atomic E-state index is 10.7. The van der Waals surface area contributed by atoms with Crippen LogP contribution in [-0.2, 0) is 6.54 Å². The molecular formula is C11H11NO3S. The first-order valence-electron chi connectivity index (χ1n) is 4.71. The SMILES string of the molecule is CN(Cc1ccoc1)c1csc(C(=O)O)c1.